The largest absolute Gasteiger partial charge is 0.507 e. The van der Waals surface area contributed by atoms with E-state index in [0.717, 1.165) is 34.1 Å². The summed E-state index contributed by atoms with van der Waals surface area (Å²) in [5, 5.41) is 12.8. The molecule has 2 N–H and O–H groups in total. The molecular weight excluding hydrogens is 483 g/mol. The van der Waals surface area contributed by atoms with Crippen LogP contribution in [0.2, 0.25) is 10.0 Å². The summed E-state index contributed by atoms with van der Waals surface area (Å²) >= 11 is 12.2. The lowest BCUT2D eigenvalue weighted by molar-refractivity contribution is -0.132. The molecule has 1 aromatic heterocycles. The van der Waals surface area contributed by atoms with Gasteiger partial charge < -0.3 is 10.1 Å². The van der Waals surface area contributed by atoms with Crippen molar-refractivity contribution in [3.8, 4) is 0 Å². The number of halogens is 2. The molecule has 7 heteroatoms. The monoisotopic (exact) mass is 504 g/mol. The van der Waals surface area contributed by atoms with Crippen LogP contribution >= 0.6 is 23.2 Å². The zero-order chi connectivity index (χ0) is 24.9. The van der Waals surface area contributed by atoms with Crippen molar-refractivity contribution in [2.24, 2.45) is 0 Å². The van der Waals surface area contributed by atoms with Gasteiger partial charge in [-0.05, 0) is 55.3 Å². The first-order chi connectivity index (χ1) is 16.8. The van der Waals surface area contributed by atoms with Gasteiger partial charge in [0, 0.05) is 33.4 Å². The molecule has 176 valence electrons. The van der Waals surface area contributed by atoms with Gasteiger partial charge in [-0.15, -0.1) is 0 Å². The molecule has 2 heterocycles. The number of H-pyrrole nitrogens is 1. The number of aromatic nitrogens is 1. The number of rotatable bonds is 4. The number of anilines is 1. The van der Waals surface area contributed by atoms with E-state index >= 15 is 0 Å². The summed E-state index contributed by atoms with van der Waals surface area (Å²) in [6.07, 6.45) is 0.849. The molecule has 1 amide bonds. The highest BCUT2D eigenvalue weighted by Crippen LogP contribution is 2.45. The summed E-state index contributed by atoms with van der Waals surface area (Å²) in [7, 11) is 0. The number of aliphatic hydroxyl groups is 1. The van der Waals surface area contributed by atoms with Gasteiger partial charge in [0.25, 0.3) is 11.7 Å². The van der Waals surface area contributed by atoms with Crippen molar-refractivity contribution in [1.82, 2.24) is 4.98 Å². The molecule has 5 rings (SSSR count). The number of hydrogen-bond donors (Lipinski definition) is 2. The van der Waals surface area contributed by atoms with Crippen molar-refractivity contribution in [1.29, 1.82) is 0 Å². The minimum atomic E-state index is -0.840. The molecule has 35 heavy (non-hydrogen) atoms. The number of aromatic amines is 1. The second-order valence-electron chi connectivity index (χ2n) is 8.53. The topological polar surface area (TPSA) is 73.4 Å². The van der Waals surface area contributed by atoms with E-state index in [-0.39, 0.29) is 16.4 Å². The highest BCUT2D eigenvalue weighted by Gasteiger charge is 2.48. The van der Waals surface area contributed by atoms with Gasteiger partial charge in [0.1, 0.15) is 5.76 Å². The molecule has 5 nitrogen and oxygen atoms in total. The van der Waals surface area contributed by atoms with Crippen LogP contribution in [0.4, 0.5) is 5.69 Å². The average molecular weight is 505 g/mol. The van der Waals surface area contributed by atoms with Gasteiger partial charge in [0.2, 0.25) is 0 Å². The number of hydrogen-bond acceptors (Lipinski definition) is 3. The van der Waals surface area contributed by atoms with Gasteiger partial charge in [-0.3, -0.25) is 14.5 Å². The lowest BCUT2D eigenvalue weighted by atomic mass is 9.93. The summed E-state index contributed by atoms with van der Waals surface area (Å²) in [6, 6.07) is 19.0. The molecule has 4 aromatic rings. The first-order valence-corrected chi connectivity index (χ1v) is 12.0. The number of amides is 1. The molecule has 3 aromatic carbocycles. The molecular formula is C28H22Cl2N2O3. The highest BCUT2D eigenvalue weighted by atomic mass is 35.5. The van der Waals surface area contributed by atoms with E-state index in [1.54, 1.807) is 12.1 Å². The molecule has 0 aliphatic carbocycles. The van der Waals surface area contributed by atoms with E-state index in [2.05, 4.69) is 4.98 Å². The van der Waals surface area contributed by atoms with Crippen LogP contribution < -0.4 is 4.90 Å². The standard InChI is InChI=1S/C28H22Cl2N2O3/c1-3-16-8-11-18(12-9-16)32-25(23-15(2)31-22-7-5-4-6-19(22)23)24(27(34)28(32)35)26(33)17-10-13-20(29)21(30)14-17/h4-14,25,31,33H,3H2,1-2H3/b26-24+. The first-order valence-electron chi connectivity index (χ1n) is 11.2. The Labute approximate surface area is 212 Å². The number of aliphatic hydroxyl groups excluding tert-OH is 1. The van der Waals surface area contributed by atoms with Crippen molar-refractivity contribution in [3.05, 3.63) is 105 Å². The Morgan fingerprint density at radius 3 is 2.40 bits per heavy atom. The third kappa shape index (κ3) is 3.81. The number of nitrogens with one attached hydrogen (secondary N) is 1. The van der Waals surface area contributed by atoms with Gasteiger partial charge in [0.15, 0.2) is 0 Å². The number of ketones is 1. The number of carbonyl (C=O) groups excluding carboxylic acids is 2. The van der Waals surface area contributed by atoms with E-state index in [1.807, 2.05) is 62.4 Å². The average Bonchev–Trinajstić information content (AvgIpc) is 3.32. The fraction of sp³-hybridized carbons (Fsp3) is 0.143. The van der Waals surface area contributed by atoms with Crippen molar-refractivity contribution >= 4 is 57.2 Å². The smallest absolute Gasteiger partial charge is 0.300 e. The maximum atomic E-state index is 13.5. The van der Waals surface area contributed by atoms with Crippen molar-refractivity contribution in [3.63, 3.8) is 0 Å². The van der Waals surface area contributed by atoms with Crippen LogP contribution in [-0.2, 0) is 16.0 Å². The van der Waals surface area contributed by atoms with Crippen LogP contribution in [0, 0.1) is 6.92 Å². The number of para-hydroxylation sites is 1. The molecule has 1 atom stereocenters. The number of fused-ring (bicyclic) bond motifs is 1. The molecule has 0 bridgehead atoms. The van der Waals surface area contributed by atoms with Crippen LogP contribution in [0.1, 0.15) is 35.3 Å². The molecule has 0 spiro atoms. The van der Waals surface area contributed by atoms with E-state index < -0.39 is 17.7 Å². The van der Waals surface area contributed by atoms with Crippen molar-refractivity contribution in [2.45, 2.75) is 26.3 Å². The fourth-order valence-corrected chi connectivity index (χ4v) is 5.01. The lowest BCUT2D eigenvalue weighted by Gasteiger charge is -2.26. The Morgan fingerprint density at radius 2 is 1.71 bits per heavy atom. The maximum absolute atomic E-state index is 13.5. The molecule has 0 radical (unpaired) electrons. The molecule has 1 aliphatic heterocycles. The van der Waals surface area contributed by atoms with Crippen LogP contribution in [0.25, 0.3) is 16.7 Å². The molecule has 1 aliphatic rings. The zero-order valence-electron chi connectivity index (χ0n) is 19.1. The molecule has 1 saturated heterocycles. The van der Waals surface area contributed by atoms with Crippen LogP contribution in [0.3, 0.4) is 0 Å². The molecule has 1 unspecified atom stereocenters. The van der Waals surface area contributed by atoms with E-state index in [4.69, 9.17) is 23.2 Å². The Kier molecular flexibility index (Phi) is 5.91. The van der Waals surface area contributed by atoms with Crippen molar-refractivity contribution in [2.75, 3.05) is 4.90 Å². The van der Waals surface area contributed by atoms with E-state index in [1.165, 1.54) is 11.0 Å². The van der Waals surface area contributed by atoms with Crippen molar-refractivity contribution < 1.29 is 14.7 Å². The Morgan fingerprint density at radius 1 is 1.00 bits per heavy atom. The number of nitrogens with zero attached hydrogens (tertiary/aromatic N) is 1. The number of aryl methyl sites for hydroxylation is 2. The summed E-state index contributed by atoms with van der Waals surface area (Å²) in [5.74, 6) is -1.77. The Balaban J connectivity index is 1.80. The lowest BCUT2D eigenvalue weighted by Crippen LogP contribution is -2.29. The SMILES string of the molecule is CCc1ccc(N2C(=O)C(=O)/C(=C(/O)c3ccc(Cl)c(Cl)c3)C2c2c(C)[nH]c3ccccc23)cc1. The van der Waals surface area contributed by atoms with Gasteiger partial charge in [-0.1, -0.05) is 60.5 Å². The second-order valence-corrected chi connectivity index (χ2v) is 9.34. The Hall–Kier alpha value is -3.54. The molecule has 0 saturated carbocycles. The third-order valence-electron chi connectivity index (χ3n) is 6.48. The van der Waals surface area contributed by atoms with Gasteiger partial charge >= 0.3 is 0 Å². The third-order valence-corrected chi connectivity index (χ3v) is 7.22. The van der Waals surface area contributed by atoms with Crippen LogP contribution in [-0.4, -0.2) is 21.8 Å². The van der Waals surface area contributed by atoms with Gasteiger partial charge in [0.05, 0.1) is 21.7 Å². The second kappa shape index (κ2) is 8.91. The molecule has 1 fully saturated rings. The predicted molar refractivity (Wildman–Crippen MR) is 140 cm³/mol. The van der Waals surface area contributed by atoms with Gasteiger partial charge in [-0.2, -0.15) is 0 Å². The summed E-state index contributed by atoms with van der Waals surface area (Å²) < 4.78 is 0. The summed E-state index contributed by atoms with van der Waals surface area (Å²) in [5.41, 5.74) is 4.42. The Bertz CT molecular complexity index is 1520. The highest BCUT2D eigenvalue weighted by molar-refractivity contribution is 6.52. The fourth-order valence-electron chi connectivity index (χ4n) is 4.71. The normalized spacial score (nSPS) is 17.5. The summed E-state index contributed by atoms with van der Waals surface area (Å²) in [6.45, 7) is 3.95. The maximum Gasteiger partial charge on any atom is 0.300 e. The predicted octanol–water partition coefficient (Wildman–Crippen LogP) is 6.97. The van der Waals surface area contributed by atoms with E-state index in [0.29, 0.717) is 16.3 Å². The minimum Gasteiger partial charge on any atom is -0.507 e. The van der Waals surface area contributed by atoms with E-state index in [9.17, 15) is 14.7 Å². The minimum absolute atomic E-state index is 0.000750. The quantitative estimate of drug-likeness (QED) is 0.179. The van der Waals surface area contributed by atoms with Crippen LogP contribution in [0.15, 0.2) is 72.3 Å². The number of Topliss-reactive ketones (excluding diaryl/α,β-unsaturated/α-hetero) is 1. The van der Waals surface area contributed by atoms with Gasteiger partial charge in [-0.25, -0.2) is 0 Å². The number of carbonyl (C=O) groups is 2. The first kappa shape index (κ1) is 23.2. The summed E-state index contributed by atoms with van der Waals surface area (Å²) in [4.78, 5) is 31.7. The van der Waals surface area contributed by atoms with Crippen LogP contribution in [0.5, 0.6) is 0 Å². The zero-order valence-corrected chi connectivity index (χ0v) is 20.6. The number of benzene rings is 3.